The normalized spacial score (nSPS) is 8.55. The summed E-state index contributed by atoms with van der Waals surface area (Å²) in [5, 5.41) is 29.1. The summed E-state index contributed by atoms with van der Waals surface area (Å²) in [5.41, 5.74) is -0.175. The highest BCUT2D eigenvalue weighted by molar-refractivity contribution is 9.10. The van der Waals surface area contributed by atoms with Gasteiger partial charge >= 0.3 is 5.97 Å². The van der Waals surface area contributed by atoms with E-state index in [1.807, 2.05) is 0 Å². The molecule has 0 fully saturated rings. The maximum Gasteiger partial charge on any atom is 0.339 e. The zero-order valence-electron chi connectivity index (χ0n) is 10.3. The van der Waals surface area contributed by atoms with Crippen LogP contribution in [-0.4, -0.2) is 13.1 Å². The van der Waals surface area contributed by atoms with E-state index in [1.54, 1.807) is 24.3 Å². The Bertz CT molecular complexity index is 689. The first-order valence-electron chi connectivity index (χ1n) is 5.16. The van der Waals surface area contributed by atoms with Crippen molar-refractivity contribution in [1.82, 2.24) is 0 Å². The van der Waals surface area contributed by atoms with Gasteiger partial charge in [0.25, 0.3) is 0 Å². The number of halogens is 1. The minimum absolute atomic E-state index is 0.179. The van der Waals surface area contributed by atoms with Crippen LogP contribution in [0.25, 0.3) is 0 Å². The zero-order valence-corrected chi connectivity index (χ0v) is 11.9. The molecule has 0 aromatic heterocycles. The van der Waals surface area contributed by atoms with Gasteiger partial charge < -0.3 is 10.1 Å². The minimum Gasteiger partial charge on any atom is -0.465 e. The number of allylic oxidation sites excluding steroid dienone is 2. The van der Waals surface area contributed by atoms with Crippen LogP contribution in [0.2, 0.25) is 0 Å². The van der Waals surface area contributed by atoms with Crippen LogP contribution in [0.5, 0.6) is 0 Å². The van der Waals surface area contributed by atoms with E-state index in [4.69, 9.17) is 15.8 Å². The van der Waals surface area contributed by atoms with Crippen molar-refractivity contribution in [2.24, 2.45) is 0 Å². The number of hydrogen-bond acceptors (Lipinski definition) is 6. The summed E-state index contributed by atoms with van der Waals surface area (Å²) in [4.78, 5) is 11.6. The van der Waals surface area contributed by atoms with Crippen LogP contribution in [0, 0.1) is 34.0 Å². The maximum atomic E-state index is 11.6. The van der Waals surface area contributed by atoms with Gasteiger partial charge in [0.15, 0.2) is 5.57 Å². The molecule has 0 saturated heterocycles. The van der Waals surface area contributed by atoms with Crippen molar-refractivity contribution in [3.63, 3.8) is 0 Å². The van der Waals surface area contributed by atoms with Crippen molar-refractivity contribution in [3.05, 3.63) is 39.5 Å². The van der Waals surface area contributed by atoms with Gasteiger partial charge in [0.05, 0.1) is 18.4 Å². The zero-order chi connectivity index (χ0) is 15.1. The average Bonchev–Trinajstić information content (AvgIpc) is 2.46. The summed E-state index contributed by atoms with van der Waals surface area (Å²) < 4.78 is 5.28. The molecule has 20 heavy (non-hydrogen) atoms. The number of esters is 1. The fourth-order valence-electron chi connectivity index (χ4n) is 1.33. The van der Waals surface area contributed by atoms with Crippen LogP contribution in [0.1, 0.15) is 10.4 Å². The molecule has 0 aliphatic carbocycles. The first-order chi connectivity index (χ1) is 9.57. The molecular weight excluding hydrogens is 324 g/mol. The van der Waals surface area contributed by atoms with E-state index in [1.165, 1.54) is 19.2 Å². The Hall–Kier alpha value is -2.82. The van der Waals surface area contributed by atoms with E-state index in [9.17, 15) is 4.79 Å². The van der Waals surface area contributed by atoms with Crippen molar-refractivity contribution in [1.29, 1.82) is 15.8 Å². The lowest BCUT2D eigenvalue weighted by atomic mass is 10.1. The van der Waals surface area contributed by atoms with E-state index < -0.39 is 5.97 Å². The largest absolute Gasteiger partial charge is 0.465 e. The van der Waals surface area contributed by atoms with Gasteiger partial charge in [0.2, 0.25) is 0 Å². The standard InChI is InChI=1S/C13H7BrN4O2/c1-20-13(19)10-3-2-9(14)4-11(10)18-12(7-17)8(5-15)6-16/h2-4,18H,1H3. The average molecular weight is 331 g/mol. The molecule has 0 spiro atoms. The number of benzene rings is 1. The number of hydrogen-bond donors (Lipinski definition) is 1. The third kappa shape index (κ3) is 3.35. The van der Waals surface area contributed by atoms with Gasteiger partial charge in [-0.15, -0.1) is 0 Å². The molecular formula is C13H7BrN4O2. The smallest absolute Gasteiger partial charge is 0.339 e. The molecule has 0 bridgehead atoms. The van der Waals surface area contributed by atoms with E-state index in [2.05, 4.69) is 26.0 Å². The molecule has 0 aliphatic heterocycles. The van der Waals surface area contributed by atoms with Crippen LogP contribution < -0.4 is 5.32 Å². The Morgan fingerprint density at radius 3 is 2.40 bits per heavy atom. The van der Waals surface area contributed by atoms with Gasteiger partial charge in [-0.3, -0.25) is 0 Å². The number of carbonyl (C=O) groups is 1. The van der Waals surface area contributed by atoms with Crippen molar-refractivity contribution in [2.75, 3.05) is 12.4 Å². The first-order valence-corrected chi connectivity index (χ1v) is 5.96. The van der Waals surface area contributed by atoms with Gasteiger partial charge in [-0.1, -0.05) is 15.9 Å². The Labute approximate surface area is 123 Å². The second-order valence-corrected chi connectivity index (χ2v) is 4.31. The van der Waals surface area contributed by atoms with E-state index in [-0.39, 0.29) is 22.5 Å². The lowest BCUT2D eigenvalue weighted by Crippen LogP contribution is -2.08. The highest BCUT2D eigenvalue weighted by atomic mass is 79.9. The van der Waals surface area contributed by atoms with Gasteiger partial charge in [-0.2, -0.15) is 15.8 Å². The van der Waals surface area contributed by atoms with E-state index in [0.29, 0.717) is 4.47 Å². The van der Waals surface area contributed by atoms with Crippen LogP contribution >= 0.6 is 15.9 Å². The molecule has 6 nitrogen and oxygen atoms in total. The molecule has 1 aromatic carbocycles. The second kappa shape index (κ2) is 6.94. The number of anilines is 1. The van der Waals surface area contributed by atoms with Gasteiger partial charge in [0.1, 0.15) is 23.9 Å². The number of carbonyl (C=O) groups excluding carboxylic acids is 1. The predicted molar refractivity (Wildman–Crippen MR) is 73.0 cm³/mol. The highest BCUT2D eigenvalue weighted by Gasteiger charge is 2.15. The molecule has 0 radical (unpaired) electrons. The minimum atomic E-state index is -0.604. The summed E-state index contributed by atoms with van der Waals surface area (Å²) in [6.07, 6.45) is 0. The quantitative estimate of drug-likeness (QED) is 0.673. The Morgan fingerprint density at radius 2 is 1.90 bits per heavy atom. The molecule has 1 N–H and O–H groups in total. The Balaban J connectivity index is 3.35. The van der Waals surface area contributed by atoms with Gasteiger partial charge in [-0.05, 0) is 18.2 Å². The molecule has 1 aromatic rings. The topological polar surface area (TPSA) is 110 Å². The summed E-state index contributed by atoms with van der Waals surface area (Å²) in [5.74, 6) is -0.604. The maximum absolute atomic E-state index is 11.6. The van der Waals surface area contributed by atoms with Crippen LogP contribution in [0.15, 0.2) is 33.9 Å². The fourth-order valence-corrected chi connectivity index (χ4v) is 1.69. The molecule has 1 rings (SSSR count). The van der Waals surface area contributed by atoms with Crippen molar-refractivity contribution >= 4 is 27.6 Å². The van der Waals surface area contributed by atoms with Crippen molar-refractivity contribution in [3.8, 4) is 18.2 Å². The summed E-state index contributed by atoms with van der Waals surface area (Å²) in [6, 6.07) is 9.58. The summed E-state index contributed by atoms with van der Waals surface area (Å²) in [6.45, 7) is 0. The molecule has 0 unspecified atom stereocenters. The fraction of sp³-hybridized carbons (Fsp3) is 0.0769. The number of ether oxygens (including phenoxy) is 1. The Morgan fingerprint density at radius 1 is 1.25 bits per heavy atom. The first kappa shape index (κ1) is 15.2. The van der Waals surface area contributed by atoms with Crippen molar-refractivity contribution in [2.45, 2.75) is 0 Å². The number of nitrogens with one attached hydrogen (secondary N) is 1. The van der Waals surface area contributed by atoms with E-state index >= 15 is 0 Å². The molecule has 0 atom stereocenters. The third-order valence-electron chi connectivity index (χ3n) is 2.23. The predicted octanol–water partition coefficient (Wildman–Crippen LogP) is 2.47. The highest BCUT2D eigenvalue weighted by Crippen LogP contribution is 2.24. The Kier molecular flexibility index (Phi) is 5.29. The van der Waals surface area contributed by atoms with Gasteiger partial charge in [-0.25, -0.2) is 4.79 Å². The van der Waals surface area contributed by atoms with Crippen LogP contribution in [-0.2, 0) is 4.74 Å². The van der Waals surface area contributed by atoms with Crippen molar-refractivity contribution < 1.29 is 9.53 Å². The molecule has 98 valence electrons. The van der Waals surface area contributed by atoms with Crippen LogP contribution in [0.4, 0.5) is 5.69 Å². The van der Waals surface area contributed by atoms with Gasteiger partial charge in [0, 0.05) is 4.47 Å². The van der Waals surface area contributed by atoms with Crippen LogP contribution in [0.3, 0.4) is 0 Å². The number of rotatable bonds is 3. The number of methoxy groups -OCH3 is 1. The van der Waals surface area contributed by atoms with E-state index in [0.717, 1.165) is 0 Å². The molecule has 0 heterocycles. The summed E-state index contributed by atoms with van der Waals surface area (Å²) in [7, 11) is 1.23. The molecule has 0 aliphatic rings. The second-order valence-electron chi connectivity index (χ2n) is 3.39. The third-order valence-corrected chi connectivity index (χ3v) is 2.73. The molecule has 0 amide bonds. The lowest BCUT2D eigenvalue weighted by molar-refractivity contribution is 0.0602. The SMILES string of the molecule is COC(=O)c1ccc(Br)cc1NC(C#N)=C(C#N)C#N. The molecule has 7 heteroatoms. The number of nitrogens with zero attached hydrogens (tertiary/aromatic N) is 3. The molecule has 0 saturated carbocycles. The lowest BCUT2D eigenvalue weighted by Gasteiger charge is -2.10. The monoisotopic (exact) mass is 330 g/mol. The summed E-state index contributed by atoms with van der Waals surface area (Å²) >= 11 is 3.23. The number of nitriles is 3.